The minimum Gasteiger partial charge on any atom is -0.483 e. The van der Waals surface area contributed by atoms with Gasteiger partial charge in [-0.3, -0.25) is 4.79 Å². The molecule has 3 rings (SSSR count). The molecule has 1 heterocycles. The molecule has 0 radical (unpaired) electrons. The normalized spacial score (nSPS) is 12.0. The Bertz CT molecular complexity index is 1110. The molecule has 0 fully saturated rings. The van der Waals surface area contributed by atoms with Gasteiger partial charge in [0, 0.05) is 17.3 Å². The molecule has 3 aromatic rings. The maximum absolute atomic E-state index is 12.4. The molecule has 2 aromatic carbocycles. The Morgan fingerprint density at radius 2 is 1.78 bits per heavy atom. The minimum atomic E-state index is -0.305. The Labute approximate surface area is 198 Å². The lowest BCUT2D eigenvalue weighted by atomic mass is 10.1. The predicted molar refractivity (Wildman–Crippen MR) is 131 cm³/mol. The maximum atomic E-state index is 12.4. The molecule has 0 aliphatic rings. The number of carbonyl (C=O) groups excluding carboxylic acids is 1. The van der Waals surface area contributed by atoms with E-state index in [-0.39, 0.29) is 17.8 Å². The molecule has 0 aliphatic heterocycles. The van der Waals surface area contributed by atoms with E-state index in [4.69, 9.17) is 16.3 Å². The quantitative estimate of drug-likeness (QED) is 0.404. The van der Waals surface area contributed by atoms with Crippen LogP contribution in [0.3, 0.4) is 0 Å². The van der Waals surface area contributed by atoms with Gasteiger partial charge in [-0.25, -0.2) is 0 Å². The van der Waals surface area contributed by atoms with Crippen LogP contribution in [0.25, 0.3) is 0 Å². The summed E-state index contributed by atoms with van der Waals surface area (Å²) in [6, 6.07) is 9.74. The van der Waals surface area contributed by atoms with E-state index in [2.05, 4.69) is 15.5 Å². The van der Waals surface area contributed by atoms with E-state index in [9.17, 15) is 4.79 Å². The molecule has 0 saturated heterocycles. The van der Waals surface area contributed by atoms with Crippen LogP contribution in [0.1, 0.15) is 48.0 Å². The van der Waals surface area contributed by atoms with Crippen LogP contribution in [0.4, 0.5) is 5.69 Å². The standard InChI is InChI=1S/C24H29ClN4O2S/c1-7-29-23(18(6)31-20-11-16(4)22(25)17(5)12-20)27-28-24(29)32-13-21(30)26-19-9-8-14(2)15(3)10-19/h8-12,18H,7,13H2,1-6H3,(H,26,30). The lowest BCUT2D eigenvalue weighted by molar-refractivity contribution is -0.113. The first-order valence-corrected chi connectivity index (χ1v) is 11.9. The lowest BCUT2D eigenvalue weighted by Gasteiger charge is -2.17. The predicted octanol–water partition coefficient (Wildman–Crippen LogP) is 6.06. The summed E-state index contributed by atoms with van der Waals surface area (Å²) in [5, 5.41) is 13.0. The molecule has 0 spiro atoms. The van der Waals surface area contributed by atoms with Gasteiger partial charge >= 0.3 is 0 Å². The van der Waals surface area contributed by atoms with Gasteiger partial charge in [0.15, 0.2) is 17.1 Å². The highest BCUT2D eigenvalue weighted by Gasteiger charge is 2.20. The molecule has 1 amide bonds. The van der Waals surface area contributed by atoms with Crippen molar-refractivity contribution in [3.8, 4) is 5.75 Å². The molecule has 8 heteroatoms. The third-order valence-electron chi connectivity index (χ3n) is 5.27. The van der Waals surface area contributed by atoms with Crippen LogP contribution in [0.2, 0.25) is 5.02 Å². The van der Waals surface area contributed by atoms with Crippen LogP contribution in [-0.2, 0) is 11.3 Å². The summed E-state index contributed by atoms with van der Waals surface area (Å²) in [5.41, 5.74) is 5.08. The first-order chi connectivity index (χ1) is 15.2. The van der Waals surface area contributed by atoms with Crippen molar-refractivity contribution < 1.29 is 9.53 Å². The molecule has 6 nitrogen and oxygen atoms in total. The molecule has 0 bridgehead atoms. The molecular weight excluding hydrogens is 444 g/mol. The van der Waals surface area contributed by atoms with Crippen molar-refractivity contribution in [2.45, 2.75) is 59.3 Å². The van der Waals surface area contributed by atoms with Gasteiger partial charge in [0.05, 0.1) is 5.75 Å². The second-order valence-corrected chi connectivity index (χ2v) is 9.17. The zero-order valence-corrected chi connectivity index (χ0v) is 20.9. The lowest BCUT2D eigenvalue weighted by Crippen LogP contribution is -2.15. The Hall–Kier alpha value is -2.51. The Balaban J connectivity index is 1.66. The Morgan fingerprint density at radius 3 is 2.41 bits per heavy atom. The first kappa shape index (κ1) is 24.1. The highest BCUT2D eigenvalue weighted by atomic mass is 35.5. The number of rotatable bonds is 8. The summed E-state index contributed by atoms with van der Waals surface area (Å²) in [4.78, 5) is 12.4. The number of thioether (sulfide) groups is 1. The number of amides is 1. The number of aromatic nitrogens is 3. The molecule has 1 atom stereocenters. The summed E-state index contributed by atoms with van der Waals surface area (Å²) >= 11 is 7.62. The summed E-state index contributed by atoms with van der Waals surface area (Å²) in [6.07, 6.45) is -0.305. The fourth-order valence-electron chi connectivity index (χ4n) is 3.38. The van der Waals surface area contributed by atoms with Gasteiger partial charge in [-0.05, 0) is 88.1 Å². The number of hydrogen-bond acceptors (Lipinski definition) is 5. The topological polar surface area (TPSA) is 69.0 Å². The monoisotopic (exact) mass is 472 g/mol. The van der Waals surface area contributed by atoms with Crippen molar-refractivity contribution in [3.05, 3.63) is 63.4 Å². The summed E-state index contributed by atoms with van der Waals surface area (Å²) in [5.74, 6) is 1.62. The second-order valence-electron chi connectivity index (χ2n) is 7.85. The van der Waals surface area contributed by atoms with E-state index in [0.717, 1.165) is 39.0 Å². The van der Waals surface area contributed by atoms with Crippen LogP contribution in [-0.4, -0.2) is 26.4 Å². The molecule has 0 aliphatic carbocycles. The minimum absolute atomic E-state index is 0.0816. The number of ether oxygens (including phenoxy) is 1. The van der Waals surface area contributed by atoms with Gasteiger partial charge in [0.2, 0.25) is 5.91 Å². The number of benzene rings is 2. The van der Waals surface area contributed by atoms with Crippen molar-refractivity contribution in [2.24, 2.45) is 0 Å². The molecule has 32 heavy (non-hydrogen) atoms. The number of carbonyl (C=O) groups is 1. The van der Waals surface area contributed by atoms with Gasteiger partial charge in [0.25, 0.3) is 0 Å². The smallest absolute Gasteiger partial charge is 0.234 e. The highest BCUT2D eigenvalue weighted by molar-refractivity contribution is 7.99. The molecule has 170 valence electrons. The van der Waals surface area contributed by atoms with Crippen molar-refractivity contribution in [2.75, 3.05) is 11.1 Å². The van der Waals surface area contributed by atoms with Gasteiger partial charge < -0.3 is 14.6 Å². The number of hydrogen-bond donors (Lipinski definition) is 1. The van der Waals surface area contributed by atoms with Gasteiger partial charge in [-0.2, -0.15) is 0 Å². The molecule has 1 aromatic heterocycles. The molecule has 1 unspecified atom stereocenters. The van der Waals surface area contributed by atoms with Crippen molar-refractivity contribution in [1.82, 2.24) is 14.8 Å². The maximum Gasteiger partial charge on any atom is 0.234 e. The van der Waals surface area contributed by atoms with Crippen molar-refractivity contribution >= 4 is 35.0 Å². The van der Waals surface area contributed by atoms with E-state index >= 15 is 0 Å². The van der Waals surface area contributed by atoms with Crippen LogP contribution < -0.4 is 10.1 Å². The molecule has 1 N–H and O–H groups in total. The van der Waals surface area contributed by atoms with Crippen molar-refractivity contribution in [1.29, 1.82) is 0 Å². The number of halogens is 1. The number of nitrogens with zero attached hydrogens (tertiary/aromatic N) is 3. The zero-order valence-electron chi connectivity index (χ0n) is 19.3. The van der Waals surface area contributed by atoms with E-state index in [1.165, 1.54) is 17.3 Å². The summed E-state index contributed by atoms with van der Waals surface area (Å²) in [7, 11) is 0. The summed E-state index contributed by atoms with van der Waals surface area (Å²) < 4.78 is 8.11. The number of nitrogens with one attached hydrogen (secondary N) is 1. The Kier molecular flexibility index (Phi) is 7.85. The Morgan fingerprint density at radius 1 is 1.09 bits per heavy atom. The fourth-order valence-corrected chi connectivity index (χ4v) is 4.30. The van der Waals surface area contributed by atoms with E-state index in [0.29, 0.717) is 11.7 Å². The van der Waals surface area contributed by atoms with E-state index < -0.39 is 0 Å². The third kappa shape index (κ3) is 5.64. The number of aryl methyl sites for hydroxylation is 4. The van der Waals surface area contributed by atoms with Gasteiger partial charge in [-0.1, -0.05) is 29.4 Å². The number of anilines is 1. The van der Waals surface area contributed by atoms with Crippen molar-refractivity contribution in [3.63, 3.8) is 0 Å². The zero-order chi connectivity index (χ0) is 23.4. The average molecular weight is 473 g/mol. The van der Waals surface area contributed by atoms with E-state index in [1.807, 2.05) is 76.4 Å². The van der Waals surface area contributed by atoms with Gasteiger partial charge in [0.1, 0.15) is 5.75 Å². The second kappa shape index (κ2) is 10.4. The van der Waals surface area contributed by atoms with Crippen LogP contribution in [0.5, 0.6) is 5.75 Å². The SMILES string of the molecule is CCn1c(SCC(=O)Nc2ccc(C)c(C)c2)nnc1C(C)Oc1cc(C)c(Cl)c(C)c1. The van der Waals surface area contributed by atoms with Crippen LogP contribution in [0, 0.1) is 27.7 Å². The fraction of sp³-hybridized carbons (Fsp3) is 0.375. The average Bonchev–Trinajstić information content (AvgIpc) is 3.16. The highest BCUT2D eigenvalue weighted by Crippen LogP contribution is 2.29. The van der Waals surface area contributed by atoms with E-state index in [1.54, 1.807) is 0 Å². The molecule has 0 saturated carbocycles. The van der Waals surface area contributed by atoms with Gasteiger partial charge in [-0.15, -0.1) is 10.2 Å². The third-order valence-corrected chi connectivity index (χ3v) is 6.83. The largest absolute Gasteiger partial charge is 0.483 e. The summed E-state index contributed by atoms with van der Waals surface area (Å²) in [6.45, 7) is 12.6. The van der Waals surface area contributed by atoms with Crippen LogP contribution >= 0.6 is 23.4 Å². The van der Waals surface area contributed by atoms with Crippen LogP contribution in [0.15, 0.2) is 35.5 Å². The molecular formula is C24H29ClN4O2S. The first-order valence-electron chi connectivity index (χ1n) is 10.6.